The van der Waals surface area contributed by atoms with Crippen LogP contribution in [0.2, 0.25) is 0 Å². The predicted octanol–water partition coefficient (Wildman–Crippen LogP) is 0.364. The molecule has 1 amide bonds. The van der Waals surface area contributed by atoms with Crippen LogP contribution >= 0.6 is 0 Å². The zero-order valence-corrected chi connectivity index (χ0v) is 6.91. The van der Waals surface area contributed by atoms with Crippen LogP contribution in [0.25, 0.3) is 0 Å². The molecule has 1 aromatic rings. The van der Waals surface area contributed by atoms with Crippen molar-refractivity contribution in [1.29, 1.82) is 0 Å². The largest absolute Gasteiger partial charge is 0.480 e. The molecule has 0 radical (unpaired) electrons. The van der Waals surface area contributed by atoms with E-state index in [9.17, 15) is 14.0 Å². The summed E-state index contributed by atoms with van der Waals surface area (Å²) in [6.07, 6.45) is 0.274. The molecule has 0 spiro atoms. The maximum atomic E-state index is 13.0. The van der Waals surface area contributed by atoms with Crippen molar-refractivity contribution >= 4 is 18.0 Å². The van der Waals surface area contributed by atoms with Crippen LogP contribution in [0.1, 0.15) is 10.5 Å². The average molecular weight is 196 g/mol. The van der Waals surface area contributed by atoms with Crippen molar-refractivity contribution in [2.24, 2.45) is 0 Å². The number of fused-ring (bicyclic) bond motifs is 1. The van der Waals surface area contributed by atoms with Crippen molar-refractivity contribution in [3.05, 3.63) is 17.6 Å². The molecule has 14 heavy (non-hydrogen) atoms. The van der Waals surface area contributed by atoms with Gasteiger partial charge in [-0.3, -0.25) is 9.59 Å². The van der Waals surface area contributed by atoms with Gasteiger partial charge in [-0.1, -0.05) is 0 Å². The highest BCUT2D eigenvalue weighted by Crippen LogP contribution is 2.26. The van der Waals surface area contributed by atoms with Crippen molar-refractivity contribution in [3.8, 4) is 5.75 Å². The Balaban J connectivity index is 2.51. The molecule has 0 atom stereocenters. The monoisotopic (exact) mass is 196 g/mol. The fourth-order valence-corrected chi connectivity index (χ4v) is 1.08. The minimum Gasteiger partial charge on any atom is -0.480 e. The number of aromatic nitrogens is 1. The highest BCUT2D eigenvalue weighted by Gasteiger charge is 2.19. The number of ether oxygens (including phenoxy) is 1. The number of carbonyl (C=O) groups is 2. The van der Waals surface area contributed by atoms with Crippen LogP contribution in [0.3, 0.4) is 0 Å². The van der Waals surface area contributed by atoms with Crippen LogP contribution in [-0.2, 0) is 4.79 Å². The summed E-state index contributed by atoms with van der Waals surface area (Å²) in [5.74, 6) is -0.944. The zero-order chi connectivity index (χ0) is 10.1. The van der Waals surface area contributed by atoms with E-state index in [1.807, 2.05) is 0 Å². The summed E-state index contributed by atoms with van der Waals surface area (Å²) in [7, 11) is 0. The van der Waals surface area contributed by atoms with Gasteiger partial charge in [0, 0.05) is 6.07 Å². The van der Waals surface area contributed by atoms with Crippen LogP contribution in [0, 0.1) is 5.82 Å². The van der Waals surface area contributed by atoms with E-state index in [-0.39, 0.29) is 36.1 Å². The molecule has 0 saturated carbocycles. The number of hydrogen-bond acceptors (Lipinski definition) is 4. The van der Waals surface area contributed by atoms with Gasteiger partial charge in [-0.15, -0.1) is 0 Å². The number of rotatable bonds is 1. The Morgan fingerprint density at radius 2 is 2.43 bits per heavy atom. The molecule has 5 nitrogen and oxygen atoms in total. The number of anilines is 1. The van der Waals surface area contributed by atoms with E-state index in [0.717, 1.165) is 6.07 Å². The normalized spacial score (nSPS) is 13.9. The molecule has 0 aliphatic carbocycles. The molecule has 2 rings (SSSR count). The van der Waals surface area contributed by atoms with E-state index in [2.05, 4.69) is 10.3 Å². The fourth-order valence-electron chi connectivity index (χ4n) is 1.08. The van der Waals surface area contributed by atoms with Gasteiger partial charge >= 0.3 is 0 Å². The number of carbonyl (C=O) groups excluding carboxylic acids is 2. The Kier molecular flexibility index (Phi) is 1.88. The lowest BCUT2D eigenvalue weighted by atomic mass is 10.3. The second-order valence-corrected chi connectivity index (χ2v) is 2.66. The average Bonchev–Trinajstić information content (AvgIpc) is 2.17. The van der Waals surface area contributed by atoms with Crippen molar-refractivity contribution in [2.75, 3.05) is 11.9 Å². The number of hydrogen-bond donors (Lipinski definition) is 1. The van der Waals surface area contributed by atoms with Crippen LogP contribution < -0.4 is 10.1 Å². The molecule has 0 saturated heterocycles. The van der Waals surface area contributed by atoms with Gasteiger partial charge in [-0.05, 0) is 0 Å². The molecule has 0 bridgehead atoms. The van der Waals surface area contributed by atoms with Crippen molar-refractivity contribution in [1.82, 2.24) is 4.98 Å². The first kappa shape index (κ1) is 8.61. The van der Waals surface area contributed by atoms with E-state index in [1.165, 1.54) is 0 Å². The molecule has 1 aliphatic rings. The third-order valence-electron chi connectivity index (χ3n) is 1.70. The van der Waals surface area contributed by atoms with Crippen LogP contribution in [-0.4, -0.2) is 23.8 Å². The van der Waals surface area contributed by atoms with E-state index >= 15 is 0 Å². The molecule has 0 unspecified atom stereocenters. The molecule has 1 aromatic heterocycles. The summed E-state index contributed by atoms with van der Waals surface area (Å²) >= 11 is 0. The molecular formula is C8H5FN2O3. The molecule has 1 aliphatic heterocycles. The molecule has 1 N–H and O–H groups in total. The summed E-state index contributed by atoms with van der Waals surface area (Å²) in [6, 6.07) is 1.02. The van der Waals surface area contributed by atoms with Gasteiger partial charge in [-0.2, -0.15) is 0 Å². The van der Waals surface area contributed by atoms with Gasteiger partial charge < -0.3 is 10.1 Å². The lowest BCUT2D eigenvalue weighted by Gasteiger charge is -2.16. The Hall–Kier alpha value is -1.98. The third-order valence-corrected chi connectivity index (χ3v) is 1.70. The Morgan fingerprint density at radius 1 is 1.64 bits per heavy atom. The SMILES string of the molecule is O=Cc1nc2c(cc1F)OCC(=O)N2. The molecule has 72 valence electrons. The highest BCUT2D eigenvalue weighted by molar-refractivity contribution is 5.94. The van der Waals surface area contributed by atoms with Crippen molar-refractivity contribution < 1.29 is 18.7 Å². The Bertz CT molecular complexity index is 419. The van der Waals surface area contributed by atoms with E-state index in [0.29, 0.717) is 0 Å². The van der Waals surface area contributed by atoms with Gasteiger partial charge in [-0.25, -0.2) is 9.37 Å². The Morgan fingerprint density at radius 3 is 3.14 bits per heavy atom. The van der Waals surface area contributed by atoms with Gasteiger partial charge in [0.25, 0.3) is 5.91 Å². The first-order chi connectivity index (χ1) is 6.70. The summed E-state index contributed by atoms with van der Waals surface area (Å²) in [5.41, 5.74) is -0.352. The van der Waals surface area contributed by atoms with Gasteiger partial charge in [0.15, 0.2) is 30.3 Å². The lowest BCUT2D eigenvalue weighted by molar-refractivity contribution is -0.118. The number of nitrogens with zero attached hydrogens (tertiary/aromatic N) is 1. The zero-order valence-electron chi connectivity index (χ0n) is 6.91. The standard InChI is InChI=1S/C8H5FN2O3/c9-4-1-6-8(10-5(4)2-12)11-7(13)3-14-6/h1-2H,3H2,(H,10,11,13). The van der Waals surface area contributed by atoms with Crippen molar-refractivity contribution in [2.45, 2.75) is 0 Å². The molecule has 0 aromatic carbocycles. The fraction of sp³-hybridized carbons (Fsp3) is 0.125. The number of pyridine rings is 1. The van der Waals surface area contributed by atoms with Crippen LogP contribution in [0.5, 0.6) is 5.75 Å². The number of amides is 1. The third kappa shape index (κ3) is 1.30. The second-order valence-electron chi connectivity index (χ2n) is 2.66. The van der Waals surface area contributed by atoms with Gasteiger partial charge in [0.2, 0.25) is 0 Å². The maximum Gasteiger partial charge on any atom is 0.263 e. The lowest BCUT2D eigenvalue weighted by Crippen LogP contribution is -2.26. The van der Waals surface area contributed by atoms with E-state index in [1.54, 1.807) is 0 Å². The molecule has 2 heterocycles. The van der Waals surface area contributed by atoms with Gasteiger partial charge in [0.1, 0.15) is 5.69 Å². The minimum absolute atomic E-state index is 0.0738. The number of nitrogens with one attached hydrogen (secondary N) is 1. The summed E-state index contributed by atoms with van der Waals surface area (Å²) in [4.78, 5) is 24.8. The van der Waals surface area contributed by atoms with Crippen LogP contribution in [0.15, 0.2) is 6.07 Å². The maximum absolute atomic E-state index is 13.0. The van der Waals surface area contributed by atoms with Crippen LogP contribution in [0.4, 0.5) is 10.2 Å². The molecular weight excluding hydrogens is 191 g/mol. The smallest absolute Gasteiger partial charge is 0.263 e. The summed E-state index contributed by atoms with van der Waals surface area (Å²) in [6.45, 7) is -0.172. The minimum atomic E-state index is -0.769. The molecule has 0 fully saturated rings. The first-order valence-corrected chi connectivity index (χ1v) is 3.79. The van der Waals surface area contributed by atoms with E-state index in [4.69, 9.17) is 4.74 Å². The Labute approximate surface area is 77.9 Å². The summed E-state index contributed by atoms with van der Waals surface area (Å²) < 4.78 is 17.9. The van der Waals surface area contributed by atoms with E-state index < -0.39 is 5.82 Å². The quantitative estimate of drug-likeness (QED) is 0.658. The van der Waals surface area contributed by atoms with Gasteiger partial charge in [0.05, 0.1) is 0 Å². The highest BCUT2D eigenvalue weighted by atomic mass is 19.1. The van der Waals surface area contributed by atoms with Crippen molar-refractivity contribution in [3.63, 3.8) is 0 Å². The predicted molar refractivity (Wildman–Crippen MR) is 43.7 cm³/mol. The summed E-state index contributed by atoms with van der Waals surface area (Å²) in [5, 5.41) is 2.36. The molecule has 6 heteroatoms. The second kappa shape index (κ2) is 3.06. The number of aldehydes is 1. The first-order valence-electron chi connectivity index (χ1n) is 3.79. The topological polar surface area (TPSA) is 68.3 Å². The number of halogens is 1.